The Morgan fingerprint density at radius 3 is 2.57 bits per heavy atom. The summed E-state index contributed by atoms with van der Waals surface area (Å²) in [5.41, 5.74) is 4.73. The van der Waals surface area contributed by atoms with Crippen LogP contribution in [0.3, 0.4) is 0 Å². The van der Waals surface area contributed by atoms with E-state index in [1.807, 2.05) is 34.3 Å². The molecule has 2 aromatic heterocycles. The van der Waals surface area contributed by atoms with Crippen molar-refractivity contribution in [1.29, 1.82) is 0 Å². The van der Waals surface area contributed by atoms with E-state index in [1.54, 1.807) is 11.3 Å². The molecule has 0 unspecified atom stereocenters. The van der Waals surface area contributed by atoms with Gasteiger partial charge in [0.15, 0.2) is 5.82 Å². The Morgan fingerprint density at radius 2 is 1.83 bits per heavy atom. The van der Waals surface area contributed by atoms with Crippen molar-refractivity contribution in [2.24, 2.45) is 0 Å². The van der Waals surface area contributed by atoms with Crippen molar-refractivity contribution < 1.29 is 4.79 Å². The Balaban J connectivity index is 1.22. The first-order chi connectivity index (χ1) is 14.7. The molecule has 2 heterocycles. The smallest absolute Gasteiger partial charge is 0.230 e. The van der Waals surface area contributed by atoms with Crippen LogP contribution < -0.4 is 5.32 Å². The van der Waals surface area contributed by atoms with Gasteiger partial charge >= 0.3 is 0 Å². The second-order valence-electron chi connectivity index (χ2n) is 7.49. The average molecular weight is 417 g/mol. The quantitative estimate of drug-likeness (QED) is 0.507. The third-order valence-corrected chi connectivity index (χ3v) is 5.94. The van der Waals surface area contributed by atoms with Crippen molar-refractivity contribution in [2.45, 2.75) is 32.2 Å². The Labute approximate surface area is 177 Å². The van der Waals surface area contributed by atoms with Gasteiger partial charge in [0.2, 0.25) is 5.91 Å². The molecule has 0 bridgehead atoms. The van der Waals surface area contributed by atoms with Gasteiger partial charge in [-0.1, -0.05) is 29.8 Å². The zero-order valence-corrected chi connectivity index (χ0v) is 17.3. The van der Waals surface area contributed by atoms with Crippen LogP contribution in [0.15, 0.2) is 53.9 Å². The SMILES string of the molecule is Cc1ccc(-c2nc(CC(=O)Nc3ccc(-c4nnnn4C4CC4)cc3)cs2)cc1. The highest BCUT2D eigenvalue weighted by atomic mass is 32.1. The van der Waals surface area contributed by atoms with E-state index in [9.17, 15) is 4.79 Å². The minimum Gasteiger partial charge on any atom is -0.326 e. The number of carbonyl (C=O) groups is 1. The number of nitrogens with zero attached hydrogens (tertiary/aromatic N) is 5. The fraction of sp³-hybridized carbons (Fsp3) is 0.227. The van der Waals surface area contributed by atoms with Gasteiger partial charge in [0, 0.05) is 22.2 Å². The summed E-state index contributed by atoms with van der Waals surface area (Å²) in [6.45, 7) is 2.06. The number of carbonyl (C=O) groups excluding carboxylic acids is 1. The fourth-order valence-electron chi connectivity index (χ4n) is 3.24. The van der Waals surface area contributed by atoms with Crippen LogP contribution in [0.4, 0.5) is 5.69 Å². The Hall–Kier alpha value is -3.39. The number of tetrazole rings is 1. The first kappa shape index (κ1) is 18.6. The zero-order valence-electron chi connectivity index (χ0n) is 16.4. The molecule has 1 aliphatic carbocycles. The zero-order chi connectivity index (χ0) is 20.5. The van der Waals surface area contributed by atoms with E-state index in [0.29, 0.717) is 6.04 Å². The highest BCUT2D eigenvalue weighted by Crippen LogP contribution is 2.36. The maximum absolute atomic E-state index is 12.5. The van der Waals surface area contributed by atoms with Gasteiger partial charge in [0.25, 0.3) is 0 Å². The van der Waals surface area contributed by atoms with E-state index >= 15 is 0 Å². The number of hydrogen-bond donors (Lipinski definition) is 1. The van der Waals surface area contributed by atoms with Gasteiger partial charge in [-0.3, -0.25) is 4.79 Å². The summed E-state index contributed by atoms with van der Waals surface area (Å²) in [6.07, 6.45) is 2.48. The molecular formula is C22H20N6OS. The van der Waals surface area contributed by atoms with E-state index in [2.05, 4.69) is 57.0 Å². The molecule has 0 radical (unpaired) electrons. The minimum absolute atomic E-state index is 0.0914. The van der Waals surface area contributed by atoms with Crippen LogP contribution in [0, 0.1) is 6.92 Å². The van der Waals surface area contributed by atoms with E-state index in [-0.39, 0.29) is 12.3 Å². The van der Waals surface area contributed by atoms with Gasteiger partial charge in [-0.25, -0.2) is 9.67 Å². The second kappa shape index (κ2) is 7.79. The lowest BCUT2D eigenvalue weighted by molar-refractivity contribution is -0.115. The van der Waals surface area contributed by atoms with Gasteiger partial charge in [0.1, 0.15) is 5.01 Å². The Morgan fingerprint density at radius 1 is 1.10 bits per heavy atom. The summed E-state index contributed by atoms with van der Waals surface area (Å²) in [4.78, 5) is 17.1. The molecule has 0 spiro atoms. The summed E-state index contributed by atoms with van der Waals surface area (Å²) in [7, 11) is 0. The average Bonchev–Trinajstić information content (AvgIpc) is 3.29. The Kier molecular flexibility index (Phi) is 4.84. The molecule has 0 aliphatic heterocycles. The molecule has 30 heavy (non-hydrogen) atoms. The van der Waals surface area contributed by atoms with Crippen molar-refractivity contribution in [3.05, 3.63) is 65.2 Å². The maximum atomic E-state index is 12.5. The van der Waals surface area contributed by atoms with E-state index in [4.69, 9.17) is 0 Å². The molecule has 0 atom stereocenters. The van der Waals surface area contributed by atoms with Crippen LogP contribution >= 0.6 is 11.3 Å². The predicted octanol–water partition coefficient (Wildman–Crippen LogP) is 4.29. The van der Waals surface area contributed by atoms with Gasteiger partial charge in [-0.2, -0.15) is 0 Å². The van der Waals surface area contributed by atoms with Crippen LogP contribution in [-0.4, -0.2) is 31.1 Å². The van der Waals surface area contributed by atoms with Crippen LogP contribution in [0.25, 0.3) is 22.0 Å². The molecule has 1 aliphatic rings. The van der Waals surface area contributed by atoms with Crippen molar-refractivity contribution in [1.82, 2.24) is 25.2 Å². The summed E-state index contributed by atoms with van der Waals surface area (Å²) in [5.74, 6) is 0.674. The standard InChI is InChI=1S/C22H20N6OS/c1-14-2-4-16(5-3-14)22-24-18(13-30-22)12-20(29)23-17-8-6-15(7-9-17)21-25-26-27-28(21)19-10-11-19/h2-9,13,19H,10-12H2,1H3,(H,23,29). The predicted molar refractivity (Wildman–Crippen MR) is 116 cm³/mol. The number of aromatic nitrogens is 5. The van der Waals surface area contributed by atoms with Crippen molar-refractivity contribution in [2.75, 3.05) is 5.32 Å². The third kappa shape index (κ3) is 3.99. The topological polar surface area (TPSA) is 85.6 Å². The second-order valence-corrected chi connectivity index (χ2v) is 8.35. The molecule has 150 valence electrons. The van der Waals surface area contributed by atoms with E-state index in [1.165, 1.54) is 5.56 Å². The van der Waals surface area contributed by atoms with Crippen molar-refractivity contribution >= 4 is 22.9 Å². The molecule has 2 aromatic carbocycles. The van der Waals surface area contributed by atoms with Crippen LogP contribution in [0.2, 0.25) is 0 Å². The fourth-order valence-corrected chi connectivity index (χ4v) is 4.06. The van der Waals surface area contributed by atoms with Gasteiger partial charge in [-0.05, 0) is 54.5 Å². The molecule has 8 heteroatoms. The molecule has 1 saturated carbocycles. The molecule has 1 amide bonds. The van der Waals surface area contributed by atoms with Crippen LogP contribution in [0.1, 0.15) is 30.1 Å². The highest BCUT2D eigenvalue weighted by Gasteiger charge is 2.28. The normalized spacial score (nSPS) is 13.4. The molecule has 7 nitrogen and oxygen atoms in total. The molecule has 5 rings (SSSR count). The first-order valence-corrected chi connectivity index (χ1v) is 10.7. The first-order valence-electron chi connectivity index (χ1n) is 9.85. The molecule has 4 aromatic rings. The van der Waals surface area contributed by atoms with Gasteiger partial charge < -0.3 is 5.32 Å². The number of thiazole rings is 1. The molecule has 0 saturated heterocycles. The molecule has 1 fully saturated rings. The summed E-state index contributed by atoms with van der Waals surface area (Å²) in [6, 6.07) is 16.3. The van der Waals surface area contributed by atoms with Crippen LogP contribution in [0.5, 0.6) is 0 Å². The number of benzene rings is 2. The van der Waals surface area contributed by atoms with E-state index in [0.717, 1.165) is 46.2 Å². The lowest BCUT2D eigenvalue weighted by Gasteiger charge is -2.06. The Bertz CT molecular complexity index is 1180. The summed E-state index contributed by atoms with van der Waals surface area (Å²) < 4.78 is 1.88. The van der Waals surface area contributed by atoms with Gasteiger partial charge in [-0.15, -0.1) is 16.4 Å². The van der Waals surface area contributed by atoms with Crippen molar-refractivity contribution in [3.63, 3.8) is 0 Å². The number of hydrogen-bond acceptors (Lipinski definition) is 6. The van der Waals surface area contributed by atoms with Crippen molar-refractivity contribution in [3.8, 4) is 22.0 Å². The lowest BCUT2D eigenvalue weighted by atomic mass is 10.1. The largest absolute Gasteiger partial charge is 0.326 e. The number of rotatable bonds is 6. The number of nitrogens with one attached hydrogen (secondary N) is 1. The number of aryl methyl sites for hydroxylation is 1. The molecule has 1 N–H and O–H groups in total. The number of anilines is 1. The minimum atomic E-state index is -0.0914. The monoisotopic (exact) mass is 416 g/mol. The van der Waals surface area contributed by atoms with Crippen LogP contribution in [-0.2, 0) is 11.2 Å². The summed E-state index contributed by atoms with van der Waals surface area (Å²) in [5, 5.41) is 17.8. The number of amides is 1. The summed E-state index contributed by atoms with van der Waals surface area (Å²) >= 11 is 1.55. The van der Waals surface area contributed by atoms with Gasteiger partial charge in [0.05, 0.1) is 18.2 Å². The maximum Gasteiger partial charge on any atom is 0.230 e. The van der Waals surface area contributed by atoms with E-state index < -0.39 is 0 Å². The lowest BCUT2D eigenvalue weighted by Crippen LogP contribution is -2.14. The highest BCUT2D eigenvalue weighted by molar-refractivity contribution is 7.13. The molecular weight excluding hydrogens is 396 g/mol. The third-order valence-electron chi connectivity index (χ3n) is 5.00.